The molecule has 0 atom stereocenters. The van der Waals surface area contributed by atoms with Crippen LogP contribution in [0.15, 0.2) is 45.6 Å². The summed E-state index contributed by atoms with van der Waals surface area (Å²) in [5, 5.41) is 10.4. The first-order chi connectivity index (χ1) is 11.4. The van der Waals surface area contributed by atoms with Gasteiger partial charge in [0.25, 0.3) is 0 Å². The van der Waals surface area contributed by atoms with E-state index < -0.39 is 5.97 Å². The molecule has 1 aromatic heterocycles. The number of carbonyl (C=O) groups excluding carboxylic acids is 1. The van der Waals surface area contributed by atoms with Crippen LogP contribution in [0.1, 0.15) is 12.5 Å². The van der Waals surface area contributed by atoms with Gasteiger partial charge >= 0.3 is 5.97 Å². The number of phenols is 1. The second-order valence-corrected chi connectivity index (χ2v) is 6.40. The van der Waals surface area contributed by atoms with Crippen LogP contribution < -0.4 is 10.2 Å². The molecule has 0 saturated carbocycles. The summed E-state index contributed by atoms with van der Waals surface area (Å²) in [5.74, 6) is 0.330. The third-order valence-electron chi connectivity index (χ3n) is 3.51. The van der Waals surface area contributed by atoms with Gasteiger partial charge in [-0.15, -0.1) is 0 Å². The van der Waals surface area contributed by atoms with Gasteiger partial charge in [-0.1, -0.05) is 0 Å². The Morgan fingerprint density at radius 1 is 1.21 bits per heavy atom. The minimum absolute atomic E-state index is 0.0592. The third-order valence-corrected chi connectivity index (χ3v) is 4.88. The maximum absolute atomic E-state index is 12.4. The highest BCUT2D eigenvalue weighted by Gasteiger charge is 2.15. The van der Waals surface area contributed by atoms with E-state index in [9.17, 15) is 14.7 Å². The molecule has 1 heterocycles. The summed E-state index contributed by atoms with van der Waals surface area (Å²) in [6.45, 7) is 3.16. The second kappa shape index (κ2) is 6.27. The van der Waals surface area contributed by atoms with Crippen molar-refractivity contribution in [3.63, 3.8) is 0 Å². The second-order valence-electron chi connectivity index (χ2n) is 5.32. The summed E-state index contributed by atoms with van der Waals surface area (Å²) in [6.07, 6.45) is 0. The number of aromatic hydroxyl groups is 1. The van der Waals surface area contributed by atoms with E-state index in [4.69, 9.17) is 9.15 Å². The number of hydrogen-bond donors (Lipinski definition) is 1. The number of fused-ring (bicyclic) bond motifs is 1. The lowest BCUT2D eigenvalue weighted by Crippen LogP contribution is -2.03. The highest BCUT2D eigenvalue weighted by molar-refractivity contribution is 14.1. The van der Waals surface area contributed by atoms with Crippen molar-refractivity contribution in [1.29, 1.82) is 0 Å². The summed E-state index contributed by atoms with van der Waals surface area (Å²) in [5.41, 5.74) is 1.51. The van der Waals surface area contributed by atoms with Gasteiger partial charge in [0.15, 0.2) is 5.43 Å². The largest absolute Gasteiger partial charge is 0.506 e. The minimum atomic E-state index is -0.402. The number of phenolic OH excluding ortho intramolecular Hbond substituents is 1. The summed E-state index contributed by atoms with van der Waals surface area (Å²) < 4.78 is 11.4. The molecular weight excluding hydrogens is 423 g/mol. The molecule has 5 nitrogen and oxygen atoms in total. The number of benzene rings is 2. The van der Waals surface area contributed by atoms with Gasteiger partial charge in [-0.25, -0.2) is 0 Å². The Bertz CT molecular complexity index is 1000. The van der Waals surface area contributed by atoms with E-state index in [0.717, 1.165) is 5.56 Å². The molecule has 2 aromatic carbocycles. The Morgan fingerprint density at radius 3 is 2.50 bits per heavy atom. The molecule has 1 N–H and O–H groups in total. The Morgan fingerprint density at radius 2 is 1.88 bits per heavy atom. The van der Waals surface area contributed by atoms with Crippen molar-refractivity contribution < 1.29 is 19.1 Å². The zero-order valence-corrected chi connectivity index (χ0v) is 15.1. The Hall–Kier alpha value is -2.35. The standard InChI is InChI=1S/C18H13IO5/c1-9-7-15-16(18(22)17(9)19)13(21)8-14(24-15)11-3-5-12(6-4-11)23-10(2)20/h3-8,22H,1-2H3. The highest BCUT2D eigenvalue weighted by Crippen LogP contribution is 2.33. The molecule has 0 amide bonds. The van der Waals surface area contributed by atoms with E-state index in [2.05, 4.69) is 0 Å². The lowest BCUT2D eigenvalue weighted by atomic mass is 10.1. The summed E-state index contributed by atoms with van der Waals surface area (Å²) in [4.78, 5) is 23.3. The van der Waals surface area contributed by atoms with Crippen molar-refractivity contribution in [2.24, 2.45) is 0 Å². The normalized spacial score (nSPS) is 10.8. The zero-order valence-electron chi connectivity index (χ0n) is 12.9. The van der Waals surface area contributed by atoms with Crippen LogP contribution >= 0.6 is 22.6 Å². The van der Waals surface area contributed by atoms with Crippen LogP contribution in [-0.2, 0) is 4.79 Å². The third kappa shape index (κ3) is 3.01. The Kier molecular flexibility index (Phi) is 4.31. The van der Waals surface area contributed by atoms with Crippen molar-refractivity contribution in [1.82, 2.24) is 0 Å². The van der Waals surface area contributed by atoms with Gasteiger partial charge in [0.2, 0.25) is 0 Å². The van der Waals surface area contributed by atoms with Crippen molar-refractivity contribution in [3.8, 4) is 22.8 Å². The number of rotatable bonds is 2. The van der Waals surface area contributed by atoms with Crippen molar-refractivity contribution in [2.75, 3.05) is 0 Å². The van der Waals surface area contributed by atoms with Gasteiger partial charge in [0.05, 0.1) is 3.57 Å². The average molecular weight is 436 g/mol. The number of esters is 1. The molecule has 3 rings (SSSR count). The van der Waals surface area contributed by atoms with Crippen LogP contribution in [0.3, 0.4) is 0 Å². The Labute approximate surface area is 151 Å². The van der Waals surface area contributed by atoms with Crippen molar-refractivity contribution >= 4 is 39.5 Å². The van der Waals surface area contributed by atoms with Crippen LogP contribution in [0.2, 0.25) is 0 Å². The molecule has 0 aliphatic rings. The first kappa shape index (κ1) is 16.5. The van der Waals surface area contributed by atoms with Gasteiger partial charge in [-0.05, 0) is 65.4 Å². The topological polar surface area (TPSA) is 76.7 Å². The maximum atomic E-state index is 12.4. The fraction of sp³-hybridized carbons (Fsp3) is 0.111. The van der Waals surface area contributed by atoms with E-state index in [1.165, 1.54) is 13.0 Å². The molecule has 0 spiro atoms. The van der Waals surface area contributed by atoms with Gasteiger partial charge in [-0.2, -0.15) is 0 Å². The number of ether oxygens (including phenoxy) is 1. The molecule has 24 heavy (non-hydrogen) atoms. The van der Waals surface area contributed by atoms with Crippen molar-refractivity contribution in [3.05, 3.63) is 55.8 Å². The number of aryl methyl sites for hydroxylation is 1. The molecule has 0 saturated heterocycles. The fourth-order valence-corrected chi connectivity index (χ4v) is 2.82. The maximum Gasteiger partial charge on any atom is 0.308 e. The molecule has 3 aromatic rings. The number of hydrogen-bond acceptors (Lipinski definition) is 5. The van der Waals surface area contributed by atoms with Gasteiger partial charge < -0.3 is 14.3 Å². The first-order valence-corrected chi connectivity index (χ1v) is 8.19. The first-order valence-electron chi connectivity index (χ1n) is 7.11. The van der Waals surface area contributed by atoms with Gasteiger partial charge in [-0.3, -0.25) is 9.59 Å². The highest BCUT2D eigenvalue weighted by atomic mass is 127. The molecule has 0 radical (unpaired) electrons. The van der Waals surface area contributed by atoms with E-state index in [-0.39, 0.29) is 16.6 Å². The molecule has 122 valence electrons. The van der Waals surface area contributed by atoms with Crippen LogP contribution in [0, 0.1) is 10.5 Å². The SMILES string of the molecule is CC(=O)Oc1ccc(-c2cc(=O)c3c(O)c(I)c(C)cc3o2)cc1. The predicted octanol–water partition coefficient (Wildman–Crippen LogP) is 4.00. The van der Waals surface area contributed by atoms with Crippen LogP contribution in [0.4, 0.5) is 0 Å². The van der Waals surface area contributed by atoms with Crippen LogP contribution in [0.5, 0.6) is 11.5 Å². The monoisotopic (exact) mass is 436 g/mol. The molecule has 6 heteroatoms. The van der Waals surface area contributed by atoms with Gasteiger partial charge in [0.1, 0.15) is 28.2 Å². The molecule has 0 unspecified atom stereocenters. The van der Waals surface area contributed by atoms with E-state index >= 15 is 0 Å². The lowest BCUT2D eigenvalue weighted by molar-refractivity contribution is -0.131. The number of halogens is 1. The zero-order chi connectivity index (χ0) is 17.4. The predicted molar refractivity (Wildman–Crippen MR) is 98.3 cm³/mol. The molecule has 0 fully saturated rings. The van der Waals surface area contributed by atoms with E-state index in [0.29, 0.717) is 26.2 Å². The fourth-order valence-electron chi connectivity index (χ4n) is 2.40. The van der Waals surface area contributed by atoms with Crippen LogP contribution in [-0.4, -0.2) is 11.1 Å². The van der Waals surface area contributed by atoms with Crippen LogP contribution in [0.25, 0.3) is 22.3 Å². The summed E-state index contributed by atoms with van der Waals surface area (Å²) >= 11 is 1.99. The van der Waals surface area contributed by atoms with Crippen molar-refractivity contribution in [2.45, 2.75) is 13.8 Å². The quantitative estimate of drug-likeness (QED) is 0.374. The summed E-state index contributed by atoms with van der Waals surface area (Å²) in [7, 11) is 0. The van der Waals surface area contributed by atoms with Gasteiger partial charge in [0, 0.05) is 18.6 Å². The lowest BCUT2D eigenvalue weighted by Gasteiger charge is -2.08. The molecule has 0 aliphatic heterocycles. The minimum Gasteiger partial charge on any atom is -0.506 e. The van der Waals surface area contributed by atoms with E-state index in [1.54, 1.807) is 30.3 Å². The molecular formula is C18H13IO5. The summed E-state index contributed by atoms with van der Waals surface area (Å²) in [6, 6.07) is 9.71. The Balaban J connectivity index is 2.12. The average Bonchev–Trinajstić information content (AvgIpc) is 2.52. The van der Waals surface area contributed by atoms with E-state index in [1.807, 2.05) is 29.5 Å². The molecule has 0 bridgehead atoms. The molecule has 0 aliphatic carbocycles. The number of carbonyl (C=O) groups is 1. The smallest absolute Gasteiger partial charge is 0.308 e.